The van der Waals surface area contributed by atoms with Crippen molar-refractivity contribution in [3.8, 4) is 5.75 Å². The number of halogens is 2. The molecule has 132 valence electrons. The van der Waals surface area contributed by atoms with Gasteiger partial charge in [-0.1, -0.05) is 11.6 Å². The Morgan fingerprint density at radius 3 is 2.52 bits per heavy atom. The average molecular weight is 366 g/mol. The number of hydrogen-bond donors (Lipinski definition) is 1. The summed E-state index contributed by atoms with van der Waals surface area (Å²) in [7, 11) is 0. The summed E-state index contributed by atoms with van der Waals surface area (Å²) in [5.41, 5.74) is 0.542. The van der Waals surface area contributed by atoms with E-state index in [0.717, 1.165) is 0 Å². The van der Waals surface area contributed by atoms with Gasteiger partial charge in [0.25, 0.3) is 5.91 Å². The van der Waals surface area contributed by atoms with Crippen LogP contribution in [0.15, 0.2) is 42.5 Å². The maximum Gasteiger partial charge on any atom is 0.339 e. The molecule has 25 heavy (non-hydrogen) atoms. The van der Waals surface area contributed by atoms with Gasteiger partial charge in [-0.05, 0) is 56.3 Å². The van der Waals surface area contributed by atoms with Gasteiger partial charge in [-0.2, -0.15) is 0 Å². The van der Waals surface area contributed by atoms with E-state index in [1.807, 2.05) is 0 Å². The second-order valence-corrected chi connectivity index (χ2v) is 5.53. The summed E-state index contributed by atoms with van der Waals surface area (Å²) in [6.07, 6.45) is -0.827. The number of amides is 1. The first-order valence-electron chi connectivity index (χ1n) is 7.60. The number of ether oxygens (including phenoxy) is 2. The molecule has 0 aliphatic rings. The predicted molar refractivity (Wildman–Crippen MR) is 92.5 cm³/mol. The molecule has 2 aromatic carbocycles. The summed E-state index contributed by atoms with van der Waals surface area (Å²) in [5.74, 6) is -1.02. The smallest absolute Gasteiger partial charge is 0.339 e. The average Bonchev–Trinajstić information content (AvgIpc) is 2.58. The van der Waals surface area contributed by atoms with Gasteiger partial charge in [-0.15, -0.1) is 0 Å². The molecule has 1 amide bonds. The highest BCUT2D eigenvalue weighted by Crippen LogP contribution is 2.22. The van der Waals surface area contributed by atoms with Crippen molar-refractivity contribution >= 4 is 29.2 Å². The van der Waals surface area contributed by atoms with Gasteiger partial charge in [0.15, 0.2) is 6.10 Å². The van der Waals surface area contributed by atoms with E-state index in [2.05, 4.69) is 5.32 Å². The van der Waals surface area contributed by atoms with Crippen LogP contribution in [0.5, 0.6) is 5.75 Å². The van der Waals surface area contributed by atoms with Gasteiger partial charge in [0, 0.05) is 5.69 Å². The molecule has 0 aliphatic heterocycles. The molecule has 0 spiro atoms. The van der Waals surface area contributed by atoms with Crippen LogP contribution < -0.4 is 10.1 Å². The lowest BCUT2D eigenvalue weighted by Crippen LogP contribution is -2.30. The molecule has 5 nitrogen and oxygen atoms in total. The zero-order chi connectivity index (χ0) is 18.4. The molecule has 7 heteroatoms. The van der Waals surface area contributed by atoms with Gasteiger partial charge in [0.1, 0.15) is 11.6 Å². The lowest BCUT2D eigenvalue weighted by atomic mass is 10.2. The van der Waals surface area contributed by atoms with Crippen LogP contribution in [0.2, 0.25) is 5.02 Å². The van der Waals surface area contributed by atoms with E-state index >= 15 is 0 Å². The Morgan fingerprint density at radius 2 is 1.88 bits per heavy atom. The van der Waals surface area contributed by atoms with Gasteiger partial charge in [0.05, 0.1) is 17.2 Å². The Bertz CT molecular complexity index is 764. The van der Waals surface area contributed by atoms with Crippen molar-refractivity contribution in [3.63, 3.8) is 0 Å². The quantitative estimate of drug-likeness (QED) is 0.784. The predicted octanol–water partition coefficient (Wildman–Crippen LogP) is 4.06. The van der Waals surface area contributed by atoms with Gasteiger partial charge < -0.3 is 14.8 Å². The first-order chi connectivity index (χ1) is 11.9. The molecule has 2 rings (SSSR count). The van der Waals surface area contributed by atoms with Crippen molar-refractivity contribution in [1.29, 1.82) is 0 Å². The van der Waals surface area contributed by atoms with E-state index in [4.69, 9.17) is 21.1 Å². The summed E-state index contributed by atoms with van der Waals surface area (Å²) in [4.78, 5) is 24.0. The van der Waals surface area contributed by atoms with Crippen molar-refractivity contribution < 1.29 is 23.5 Å². The molecule has 0 saturated carbocycles. The second kappa shape index (κ2) is 8.48. The summed E-state index contributed by atoms with van der Waals surface area (Å²) in [6.45, 7) is 3.46. The van der Waals surface area contributed by atoms with Crippen molar-refractivity contribution in [2.45, 2.75) is 20.0 Å². The number of anilines is 1. The summed E-state index contributed by atoms with van der Waals surface area (Å²) in [5, 5.41) is 2.86. The van der Waals surface area contributed by atoms with Gasteiger partial charge in [-0.3, -0.25) is 4.79 Å². The molecule has 0 heterocycles. The fourth-order valence-corrected chi connectivity index (χ4v) is 2.18. The largest absolute Gasteiger partial charge is 0.481 e. The number of benzene rings is 2. The molecule has 0 aromatic heterocycles. The summed E-state index contributed by atoms with van der Waals surface area (Å²) in [6, 6.07) is 9.83. The Balaban J connectivity index is 2.05. The molecule has 0 radical (unpaired) electrons. The molecule has 0 unspecified atom stereocenters. The molecule has 0 fully saturated rings. The van der Waals surface area contributed by atoms with Crippen molar-refractivity contribution in [2.75, 3.05) is 11.9 Å². The normalized spacial score (nSPS) is 11.5. The van der Waals surface area contributed by atoms with Crippen LogP contribution >= 0.6 is 11.6 Å². The van der Waals surface area contributed by atoms with Crippen LogP contribution in [0.3, 0.4) is 0 Å². The third-order valence-electron chi connectivity index (χ3n) is 3.22. The fourth-order valence-electron chi connectivity index (χ4n) is 1.98. The second-order valence-electron chi connectivity index (χ2n) is 5.12. The standard InChI is InChI=1S/C18H17ClFNO4/c1-3-24-18(23)15-10-13(6-9-16(15)19)21-17(22)11(2)25-14-7-4-12(20)5-8-14/h4-11H,3H2,1-2H3,(H,21,22)/t11-/m1/s1. The highest BCUT2D eigenvalue weighted by atomic mass is 35.5. The van der Waals surface area contributed by atoms with Crippen LogP contribution in [-0.2, 0) is 9.53 Å². The highest BCUT2D eigenvalue weighted by molar-refractivity contribution is 6.33. The molecular formula is C18H17ClFNO4. The number of carbonyl (C=O) groups excluding carboxylic acids is 2. The Morgan fingerprint density at radius 1 is 1.20 bits per heavy atom. The van der Waals surface area contributed by atoms with E-state index in [1.165, 1.54) is 36.4 Å². The number of hydrogen-bond acceptors (Lipinski definition) is 4. The summed E-state index contributed by atoms with van der Waals surface area (Å²) < 4.78 is 23.2. The van der Waals surface area contributed by atoms with E-state index in [9.17, 15) is 14.0 Å². The number of rotatable bonds is 6. The van der Waals surface area contributed by atoms with Crippen molar-refractivity contribution in [2.24, 2.45) is 0 Å². The maximum absolute atomic E-state index is 12.9. The van der Waals surface area contributed by atoms with Crippen LogP contribution in [0, 0.1) is 5.82 Å². The highest BCUT2D eigenvalue weighted by Gasteiger charge is 2.17. The van der Waals surface area contributed by atoms with E-state index in [-0.39, 0.29) is 17.2 Å². The lowest BCUT2D eigenvalue weighted by molar-refractivity contribution is -0.122. The topological polar surface area (TPSA) is 64.6 Å². The fraction of sp³-hybridized carbons (Fsp3) is 0.222. The molecule has 1 N–H and O–H groups in total. The molecule has 0 aliphatic carbocycles. The third-order valence-corrected chi connectivity index (χ3v) is 3.55. The first kappa shape index (κ1) is 18.7. The lowest BCUT2D eigenvalue weighted by Gasteiger charge is -2.15. The van der Waals surface area contributed by atoms with Crippen molar-refractivity contribution in [3.05, 3.63) is 58.9 Å². The van der Waals surface area contributed by atoms with E-state index in [1.54, 1.807) is 19.9 Å². The Labute approximate surface area is 149 Å². The van der Waals surface area contributed by atoms with Crippen LogP contribution in [0.25, 0.3) is 0 Å². The van der Waals surface area contributed by atoms with Crippen LogP contribution in [0.4, 0.5) is 10.1 Å². The SMILES string of the molecule is CCOC(=O)c1cc(NC(=O)[C@@H](C)Oc2ccc(F)cc2)ccc1Cl. The molecule has 0 bridgehead atoms. The molecular weight excluding hydrogens is 349 g/mol. The molecule has 0 saturated heterocycles. The van der Waals surface area contributed by atoms with Gasteiger partial charge >= 0.3 is 5.97 Å². The zero-order valence-corrected chi connectivity index (χ0v) is 14.5. The Kier molecular flexibility index (Phi) is 6.36. The van der Waals surface area contributed by atoms with E-state index < -0.39 is 23.8 Å². The summed E-state index contributed by atoms with van der Waals surface area (Å²) >= 11 is 5.98. The maximum atomic E-state index is 12.9. The Hall–Kier alpha value is -2.60. The van der Waals surface area contributed by atoms with Gasteiger partial charge in [-0.25, -0.2) is 9.18 Å². The van der Waals surface area contributed by atoms with E-state index in [0.29, 0.717) is 11.4 Å². The third kappa shape index (κ3) is 5.19. The van der Waals surface area contributed by atoms with Crippen LogP contribution in [-0.4, -0.2) is 24.6 Å². The minimum atomic E-state index is -0.827. The van der Waals surface area contributed by atoms with Crippen molar-refractivity contribution in [1.82, 2.24) is 0 Å². The number of carbonyl (C=O) groups is 2. The monoisotopic (exact) mass is 365 g/mol. The minimum absolute atomic E-state index is 0.161. The van der Waals surface area contributed by atoms with Gasteiger partial charge in [0.2, 0.25) is 0 Å². The number of esters is 1. The molecule has 1 atom stereocenters. The zero-order valence-electron chi connectivity index (χ0n) is 13.7. The first-order valence-corrected chi connectivity index (χ1v) is 7.98. The molecule has 2 aromatic rings. The number of nitrogens with one attached hydrogen (secondary N) is 1. The van der Waals surface area contributed by atoms with Crippen LogP contribution in [0.1, 0.15) is 24.2 Å². The minimum Gasteiger partial charge on any atom is -0.481 e.